The van der Waals surface area contributed by atoms with Gasteiger partial charge in [0, 0.05) is 10.6 Å². The second-order valence-electron chi connectivity index (χ2n) is 4.47. The Morgan fingerprint density at radius 3 is 2.27 bits per heavy atom. The first-order chi connectivity index (χ1) is 10.6. The first-order valence-electron chi connectivity index (χ1n) is 6.72. The van der Waals surface area contributed by atoms with E-state index in [1.54, 1.807) is 49.4 Å². The summed E-state index contributed by atoms with van der Waals surface area (Å²) >= 11 is 5.94. The Bertz CT molecular complexity index is 692. The van der Waals surface area contributed by atoms with E-state index in [2.05, 4.69) is 0 Å². The molecule has 0 fully saturated rings. The first-order valence-corrected chi connectivity index (χ1v) is 7.10. The van der Waals surface area contributed by atoms with Crippen molar-refractivity contribution in [1.29, 1.82) is 0 Å². The predicted octanol–water partition coefficient (Wildman–Crippen LogP) is 3.76. The fourth-order valence-corrected chi connectivity index (χ4v) is 2.16. The van der Waals surface area contributed by atoms with Gasteiger partial charge in [-0.15, -0.1) is 0 Å². The van der Waals surface area contributed by atoms with Crippen LogP contribution < -0.4 is 4.74 Å². The van der Waals surface area contributed by atoms with E-state index in [1.807, 2.05) is 0 Å². The monoisotopic (exact) mass is 318 g/mol. The standard InChI is InChI=1S/C17H15ClO4/c1-3-22-17(20)12-6-4-11(5-7-12)16(19)14-10-13(18)8-9-15(14)21-2/h4-10H,3H2,1-2H3. The molecule has 0 aliphatic heterocycles. The number of hydrogen-bond donors (Lipinski definition) is 0. The van der Waals surface area contributed by atoms with E-state index >= 15 is 0 Å². The van der Waals surface area contributed by atoms with Crippen LogP contribution in [-0.2, 0) is 4.74 Å². The summed E-state index contributed by atoms with van der Waals surface area (Å²) in [7, 11) is 1.49. The third kappa shape index (κ3) is 3.46. The summed E-state index contributed by atoms with van der Waals surface area (Å²) in [6, 6.07) is 11.1. The minimum Gasteiger partial charge on any atom is -0.496 e. The van der Waals surface area contributed by atoms with E-state index in [1.165, 1.54) is 7.11 Å². The zero-order chi connectivity index (χ0) is 16.1. The van der Waals surface area contributed by atoms with Crippen LogP contribution in [-0.4, -0.2) is 25.5 Å². The van der Waals surface area contributed by atoms with E-state index in [-0.39, 0.29) is 5.78 Å². The van der Waals surface area contributed by atoms with Crippen molar-refractivity contribution < 1.29 is 19.1 Å². The third-order valence-electron chi connectivity index (χ3n) is 3.06. The van der Waals surface area contributed by atoms with E-state index in [9.17, 15) is 9.59 Å². The van der Waals surface area contributed by atoms with Gasteiger partial charge >= 0.3 is 5.97 Å². The highest BCUT2D eigenvalue weighted by Gasteiger charge is 2.16. The Kier molecular flexibility index (Phi) is 5.17. The van der Waals surface area contributed by atoms with E-state index in [0.29, 0.717) is 34.1 Å². The van der Waals surface area contributed by atoms with Gasteiger partial charge < -0.3 is 9.47 Å². The van der Waals surface area contributed by atoms with Crippen LogP contribution in [0.15, 0.2) is 42.5 Å². The molecule has 0 spiro atoms. The lowest BCUT2D eigenvalue weighted by Gasteiger charge is -2.08. The summed E-state index contributed by atoms with van der Waals surface area (Å²) in [5, 5.41) is 0.451. The molecule has 0 atom stereocenters. The fourth-order valence-electron chi connectivity index (χ4n) is 1.99. The van der Waals surface area contributed by atoms with Crippen molar-refractivity contribution in [2.75, 3.05) is 13.7 Å². The number of ether oxygens (including phenoxy) is 2. The SMILES string of the molecule is CCOC(=O)c1ccc(C(=O)c2cc(Cl)ccc2OC)cc1. The molecule has 22 heavy (non-hydrogen) atoms. The van der Waals surface area contributed by atoms with Crippen molar-refractivity contribution >= 4 is 23.4 Å². The number of ketones is 1. The van der Waals surface area contributed by atoms with Crippen molar-refractivity contribution in [1.82, 2.24) is 0 Å². The molecule has 0 aliphatic carbocycles. The number of hydrogen-bond acceptors (Lipinski definition) is 4. The average molecular weight is 319 g/mol. The van der Waals surface area contributed by atoms with E-state index in [4.69, 9.17) is 21.1 Å². The number of rotatable bonds is 5. The smallest absolute Gasteiger partial charge is 0.338 e. The first kappa shape index (κ1) is 16.0. The van der Waals surface area contributed by atoms with Crippen LogP contribution in [0.4, 0.5) is 0 Å². The second-order valence-corrected chi connectivity index (χ2v) is 4.91. The molecule has 0 bridgehead atoms. The highest BCUT2D eigenvalue weighted by atomic mass is 35.5. The van der Waals surface area contributed by atoms with Crippen molar-refractivity contribution in [2.24, 2.45) is 0 Å². The molecule has 0 unspecified atom stereocenters. The molecule has 0 saturated heterocycles. The maximum Gasteiger partial charge on any atom is 0.338 e. The average Bonchev–Trinajstić information content (AvgIpc) is 2.54. The van der Waals surface area contributed by atoms with Gasteiger partial charge in [0.1, 0.15) is 5.75 Å². The lowest BCUT2D eigenvalue weighted by atomic mass is 10.0. The van der Waals surface area contributed by atoms with Gasteiger partial charge in [0.25, 0.3) is 0 Å². The minimum absolute atomic E-state index is 0.227. The number of halogens is 1. The van der Waals surface area contributed by atoms with Gasteiger partial charge in [0.15, 0.2) is 5.78 Å². The Morgan fingerprint density at radius 1 is 1.05 bits per heavy atom. The highest BCUT2D eigenvalue weighted by Crippen LogP contribution is 2.25. The number of esters is 1. The minimum atomic E-state index is -0.415. The summed E-state index contributed by atoms with van der Waals surface area (Å²) < 4.78 is 10.1. The van der Waals surface area contributed by atoms with E-state index < -0.39 is 5.97 Å². The van der Waals surface area contributed by atoms with Gasteiger partial charge in [-0.2, -0.15) is 0 Å². The van der Waals surface area contributed by atoms with Gasteiger partial charge in [-0.1, -0.05) is 23.7 Å². The second kappa shape index (κ2) is 7.09. The van der Waals surface area contributed by atoms with Crippen molar-refractivity contribution in [2.45, 2.75) is 6.92 Å². The molecule has 2 rings (SSSR count). The third-order valence-corrected chi connectivity index (χ3v) is 3.30. The molecular weight excluding hydrogens is 304 g/mol. The molecule has 0 saturated carbocycles. The fraction of sp³-hybridized carbons (Fsp3) is 0.176. The Morgan fingerprint density at radius 2 is 1.68 bits per heavy atom. The number of carbonyl (C=O) groups excluding carboxylic acids is 2. The zero-order valence-electron chi connectivity index (χ0n) is 12.3. The summed E-state index contributed by atoms with van der Waals surface area (Å²) in [5.41, 5.74) is 1.21. The Balaban J connectivity index is 2.30. The summed E-state index contributed by atoms with van der Waals surface area (Å²) in [6.07, 6.45) is 0. The van der Waals surface area contributed by atoms with Crippen LogP contribution in [0, 0.1) is 0 Å². The molecule has 4 nitrogen and oxygen atoms in total. The Hall–Kier alpha value is -2.33. The molecule has 2 aromatic rings. The van der Waals surface area contributed by atoms with Gasteiger partial charge in [-0.3, -0.25) is 4.79 Å². The molecule has 0 N–H and O–H groups in total. The van der Waals surface area contributed by atoms with Gasteiger partial charge in [-0.05, 0) is 37.3 Å². The maximum atomic E-state index is 12.5. The molecule has 0 heterocycles. The zero-order valence-corrected chi connectivity index (χ0v) is 13.0. The normalized spacial score (nSPS) is 10.1. The molecular formula is C17H15ClO4. The molecule has 0 radical (unpaired) electrons. The van der Waals surface area contributed by atoms with Gasteiger partial charge in [0.2, 0.25) is 0 Å². The quantitative estimate of drug-likeness (QED) is 0.622. The van der Waals surface area contributed by atoms with Crippen LogP contribution in [0.5, 0.6) is 5.75 Å². The van der Waals surface area contributed by atoms with Crippen molar-refractivity contribution in [3.63, 3.8) is 0 Å². The number of benzene rings is 2. The topological polar surface area (TPSA) is 52.6 Å². The molecule has 2 aromatic carbocycles. The number of carbonyl (C=O) groups is 2. The van der Waals surface area contributed by atoms with Crippen LogP contribution in [0.1, 0.15) is 33.2 Å². The van der Waals surface area contributed by atoms with Gasteiger partial charge in [-0.25, -0.2) is 4.79 Å². The number of methoxy groups -OCH3 is 1. The molecule has 0 amide bonds. The van der Waals surface area contributed by atoms with Crippen molar-refractivity contribution in [3.8, 4) is 5.75 Å². The molecule has 0 aliphatic rings. The van der Waals surface area contributed by atoms with Crippen LogP contribution in [0.25, 0.3) is 0 Å². The predicted molar refractivity (Wildman–Crippen MR) is 83.8 cm³/mol. The van der Waals surface area contributed by atoms with E-state index in [0.717, 1.165) is 0 Å². The van der Waals surface area contributed by atoms with Gasteiger partial charge in [0.05, 0.1) is 24.8 Å². The summed E-state index contributed by atoms with van der Waals surface area (Å²) in [6.45, 7) is 2.04. The molecule has 5 heteroatoms. The Labute approximate surface area is 133 Å². The summed E-state index contributed by atoms with van der Waals surface area (Å²) in [4.78, 5) is 24.1. The lowest BCUT2D eigenvalue weighted by molar-refractivity contribution is 0.0526. The maximum absolute atomic E-state index is 12.5. The van der Waals surface area contributed by atoms with Crippen LogP contribution >= 0.6 is 11.6 Å². The summed E-state index contributed by atoms with van der Waals surface area (Å²) in [5.74, 6) is -0.194. The van der Waals surface area contributed by atoms with Crippen LogP contribution in [0.3, 0.4) is 0 Å². The molecule has 0 aromatic heterocycles. The molecule has 114 valence electrons. The van der Waals surface area contributed by atoms with Crippen molar-refractivity contribution in [3.05, 3.63) is 64.2 Å². The lowest BCUT2D eigenvalue weighted by Crippen LogP contribution is -2.07. The largest absolute Gasteiger partial charge is 0.496 e. The van der Waals surface area contributed by atoms with Crippen LogP contribution in [0.2, 0.25) is 5.02 Å². The highest BCUT2D eigenvalue weighted by molar-refractivity contribution is 6.31.